The van der Waals surface area contributed by atoms with Crippen molar-refractivity contribution >= 4 is 17.2 Å². The van der Waals surface area contributed by atoms with E-state index in [1.54, 1.807) is 14.2 Å². The maximum Gasteiger partial charge on any atom is 0.129 e. The Morgan fingerprint density at radius 1 is 1.10 bits per heavy atom. The molecule has 0 radical (unpaired) electrons. The Morgan fingerprint density at radius 2 is 1.86 bits per heavy atom. The zero-order chi connectivity index (χ0) is 15.5. The van der Waals surface area contributed by atoms with Crippen molar-refractivity contribution in [3.8, 4) is 5.75 Å². The molecule has 118 valence electrons. The third kappa shape index (κ3) is 6.86. The van der Waals surface area contributed by atoms with E-state index in [9.17, 15) is 0 Å². The van der Waals surface area contributed by atoms with Gasteiger partial charge in [0.05, 0.1) is 32.5 Å². The molecule has 1 aromatic rings. The molecule has 0 aliphatic heterocycles. The molecule has 1 rings (SSSR count). The largest absolute Gasteiger partial charge is 0.496 e. The van der Waals surface area contributed by atoms with Crippen LogP contribution in [0.1, 0.15) is 17.5 Å². The molecule has 0 unspecified atom stereocenters. The monoisotopic (exact) mass is 313 g/mol. The van der Waals surface area contributed by atoms with Gasteiger partial charge in [-0.2, -0.15) is 0 Å². The number of hydrogen-bond acceptors (Lipinski definition) is 5. The number of nitrogens with two attached hydrogens (primary N) is 1. The Kier molecular flexibility index (Phi) is 8.93. The summed E-state index contributed by atoms with van der Waals surface area (Å²) in [6.45, 7) is 3.08. The van der Waals surface area contributed by atoms with E-state index in [1.165, 1.54) is 0 Å². The van der Waals surface area contributed by atoms with Crippen LogP contribution >= 0.6 is 12.2 Å². The molecule has 0 saturated carbocycles. The molecule has 2 N–H and O–H groups in total. The van der Waals surface area contributed by atoms with Gasteiger partial charge in [0.25, 0.3) is 0 Å². The highest BCUT2D eigenvalue weighted by molar-refractivity contribution is 7.80. The number of benzene rings is 1. The van der Waals surface area contributed by atoms with Crippen molar-refractivity contribution in [1.29, 1.82) is 0 Å². The summed E-state index contributed by atoms with van der Waals surface area (Å²) in [5, 5.41) is 0. The zero-order valence-corrected chi connectivity index (χ0v) is 13.4. The second kappa shape index (κ2) is 10.5. The number of thiocarbonyl (C=S) groups is 1. The van der Waals surface area contributed by atoms with Crippen molar-refractivity contribution in [2.24, 2.45) is 5.73 Å². The molecule has 5 nitrogen and oxygen atoms in total. The van der Waals surface area contributed by atoms with E-state index in [4.69, 9.17) is 36.9 Å². The minimum absolute atomic E-state index is 0.326. The molecular weight excluding hydrogens is 290 g/mol. The average molecular weight is 313 g/mol. The first-order chi connectivity index (χ1) is 10.2. The molecule has 0 aromatic heterocycles. The van der Waals surface area contributed by atoms with Gasteiger partial charge in [0.2, 0.25) is 0 Å². The smallest absolute Gasteiger partial charge is 0.129 e. The minimum Gasteiger partial charge on any atom is -0.496 e. The second-order valence-corrected chi connectivity index (χ2v) is 4.85. The van der Waals surface area contributed by atoms with Crippen LogP contribution in [0.4, 0.5) is 0 Å². The third-order valence-corrected chi connectivity index (χ3v) is 3.03. The lowest BCUT2D eigenvalue weighted by Crippen LogP contribution is -2.11. The van der Waals surface area contributed by atoms with Gasteiger partial charge in [0.15, 0.2) is 0 Å². The first-order valence-corrected chi connectivity index (χ1v) is 7.21. The molecule has 0 heterocycles. The zero-order valence-electron chi connectivity index (χ0n) is 12.6. The minimum atomic E-state index is 0.326. The van der Waals surface area contributed by atoms with E-state index in [-0.39, 0.29) is 0 Å². The molecule has 0 bridgehead atoms. The van der Waals surface area contributed by atoms with Gasteiger partial charge in [-0.1, -0.05) is 18.3 Å². The molecule has 0 aliphatic carbocycles. The predicted octanol–water partition coefficient (Wildman–Crippen LogP) is 1.90. The van der Waals surface area contributed by atoms with Crippen LogP contribution in [0.15, 0.2) is 18.2 Å². The Balaban J connectivity index is 2.28. The third-order valence-electron chi connectivity index (χ3n) is 2.81. The fourth-order valence-electron chi connectivity index (χ4n) is 1.73. The van der Waals surface area contributed by atoms with Gasteiger partial charge < -0.3 is 24.7 Å². The van der Waals surface area contributed by atoms with Crippen LogP contribution in [-0.4, -0.2) is 45.6 Å². The van der Waals surface area contributed by atoms with E-state index in [2.05, 4.69) is 0 Å². The number of methoxy groups -OCH3 is 2. The summed E-state index contributed by atoms with van der Waals surface area (Å²) in [6, 6.07) is 5.68. The van der Waals surface area contributed by atoms with E-state index in [0.717, 1.165) is 17.5 Å². The van der Waals surface area contributed by atoms with Crippen LogP contribution < -0.4 is 10.5 Å². The van der Waals surface area contributed by atoms with E-state index >= 15 is 0 Å². The molecule has 0 aliphatic rings. The molecule has 0 amide bonds. The van der Waals surface area contributed by atoms with Crippen LogP contribution in [0.2, 0.25) is 0 Å². The molecule has 0 fully saturated rings. The molecule has 0 atom stereocenters. The van der Waals surface area contributed by atoms with Gasteiger partial charge in [0.1, 0.15) is 10.7 Å². The number of rotatable bonds is 11. The van der Waals surface area contributed by atoms with Gasteiger partial charge in [0, 0.05) is 20.3 Å². The topological polar surface area (TPSA) is 62.9 Å². The molecule has 6 heteroatoms. The van der Waals surface area contributed by atoms with E-state index in [0.29, 0.717) is 43.8 Å². The predicted molar refractivity (Wildman–Crippen MR) is 85.8 cm³/mol. The summed E-state index contributed by atoms with van der Waals surface area (Å²) in [4.78, 5) is 0.326. The highest BCUT2D eigenvalue weighted by atomic mass is 32.1. The SMILES string of the molecule is COCCOCCCOCc1ccc(C(N)=S)c(OC)c1. The first kappa shape index (κ1) is 17.8. The van der Waals surface area contributed by atoms with Crippen molar-refractivity contribution in [2.75, 3.05) is 40.6 Å². The van der Waals surface area contributed by atoms with Crippen LogP contribution in [0.25, 0.3) is 0 Å². The highest BCUT2D eigenvalue weighted by Crippen LogP contribution is 2.20. The normalized spacial score (nSPS) is 10.6. The van der Waals surface area contributed by atoms with Gasteiger partial charge in [-0.3, -0.25) is 0 Å². The summed E-state index contributed by atoms with van der Waals surface area (Å²) >= 11 is 4.97. The summed E-state index contributed by atoms with van der Waals surface area (Å²) in [7, 11) is 3.25. The molecular formula is C15H23NO4S. The highest BCUT2D eigenvalue weighted by Gasteiger charge is 2.06. The van der Waals surface area contributed by atoms with Gasteiger partial charge in [-0.15, -0.1) is 0 Å². The van der Waals surface area contributed by atoms with Gasteiger partial charge in [-0.25, -0.2) is 0 Å². The fraction of sp³-hybridized carbons (Fsp3) is 0.533. The van der Waals surface area contributed by atoms with Gasteiger partial charge >= 0.3 is 0 Å². The van der Waals surface area contributed by atoms with Crippen LogP contribution in [0.3, 0.4) is 0 Å². The summed E-state index contributed by atoms with van der Waals surface area (Å²) in [6.07, 6.45) is 0.853. The molecule has 1 aromatic carbocycles. The Labute approximate surface area is 131 Å². The van der Waals surface area contributed by atoms with Crippen LogP contribution in [0, 0.1) is 0 Å². The maximum absolute atomic E-state index is 5.63. The Hall–Kier alpha value is -1.21. The van der Waals surface area contributed by atoms with Crippen molar-refractivity contribution in [3.63, 3.8) is 0 Å². The quantitative estimate of drug-likeness (QED) is 0.497. The van der Waals surface area contributed by atoms with Crippen molar-refractivity contribution in [1.82, 2.24) is 0 Å². The summed E-state index contributed by atoms with van der Waals surface area (Å²) in [5.41, 5.74) is 7.39. The standard InChI is InChI=1S/C15H23NO4S/c1-17-8-9-19-6-3-7-20-11-12-4-5-13(15(16)21)14(10-12)18-2/h4-5,10H,3,6-9,11H2,1-2H3,(H2,16,21). The van der Waals surface area contributed by atoms with Gasteiger partial charge in [-0.05, 0) is 24.1 Å². The summed E-state index contributed by atoms with van der Waals surface area (Å²) in [5.74, 6) is 0.673. The first-order valence-electron chi connectivity index (χ1n) is 6.80. The van der Waals surface area contributed by atoms with E-state index in [1.807, 2.05) is 18.2 Å². The van der Waals surface area contributed by atoms with Crippen LogP contribution in [-0.2, 0) is 20.8 Å². The Morgan fingerprint density at radius 3 is 2.52 bits per heavy atom. The molecule has 0 saturated heterocycles. The average Bonchev–Trinajstić information content (AvgIpc) is 2.49. The Bertz CT molecular complexity index is 440. The molecule has 0 spiro atoms. The summed E-state index contributed by atoms with van der Waals surface area (Å²) < 4.78 is 21.1. The van der Waals surface area contributed by atoms with Crippen molar-refractivity contribution in [3.05, 3.63) is 29.3 Å². The van der Waals surface area contributed by atoms with Crippen molar-refractivity contribution < 1.29 is 18.9 Å². The van der Waals surface area contributed by atoms with Crippen LogP contribution in [0.5, 0.6) is 5.75 Å². The lowest BCUT2D eigenvalue weighted by atomic mass is 10.1. The van der Waals surface area contributed by atoms with Crippen molar-refractivity contribution in [2.45, 2.75) is 13.0 Å². The number of hydrogen-bond donors (Lipinski definition) is 1. The second-order valence-electron chi connectivity index (χ2n) is 4.41. The lowest BCUT2D eigenvalue weighted by Gasteiger charge is -2.10. The number of ether oxygens (including phenoxy) is 4. The maximum atomic E-state index is 5.63. The lowest BCUT2D eigenvalue weighted by molar-refractivity contribution is 0.0483. The molecule has 21 heavy (non-hydrogen) atoms. The van der Waals surface area contributed by atoms with E-state index < -0.39 is 0 Å². The fourth-order valence-corrected chi connectivity index (χ4v) is 1.89.